The molecule has 0 fully saturated rings. The predicted octanol–water partition coefficient (Wildman–Crippen LogP) is 8.71. The van der Waals surface area contributed by atoms with E-state index in [0.717, 1.165) is 27.6 Å². The molecule has 12 heteroatoms. The number of ether oxygens (including phenoxy) is 1. The molecule has 0 radical (unpaired) electrons. The average Bonchev–Trinajstić information content (AvgIpc) is 3.48. The molecule has 0 saturated carbocycles. The summed E-state index contributed by atoms with van der Waals surface area (Å²) in [6.07, 6.45) is 1.51. The Balaban J connectivity index is 1.10. The molecule has 0 spiro atoms. The molecule has 8 nitrogen and oxygen atoms in total. The monoisotopic (exact) mass is 707 g/mol. The van der Waals surface area contributed by atoms with Gasteiger partial charge in [0, 0.05) is 37.9 Å². The van der Waals surface area contributed by atoms with E-state index in [1.807, 2.05) is 54.8 Å². The van der Waals surface area contributed by atoms with Crippen molar-refractivity contribution in [2.75, 3.05) is 17.2 Å². The van der Waals surface area contributed by atoms with Gasteiger partial charge in [-0.25, -0.2) is 10.4 Å². The Hall–Kier alpha value is -4.22. The molecule has 0 atom stereocenters. The van der Waals surface area contributed by atoms with Crippen molar-refractivity contribution in [3.63, 3.8) is 0 Å². The van der Waals surface area contributed by atoms with Gasteiger partial charge in [-0.1, -0.05) is 41.4 Å². The number of thiazole rings is 1. The van der Waals surface area contributed by atoms with Crippen LogP contribution < -0.4 is 20.8 Å². The second-order valence-corrected chi connectivity index (χ2v) is 12.0. The highest BCUT2D eigenvalue weighted by molar-refractivity contribution is 9.10. The second kappa shape index (κ2) is 14.5. The Morgan fingerprint density at radius 3 is 2.45 bits per heavy atom. The van der Waals surface area contributed by atoms with Crippen LogP contribution in [0.2, 0.25) is 10.0 Å². The summed E-state index contributed by atoms with van der Waals surface area (Å²) in [5.74, 6) is -0.187. The Kier molecular flexibility index (Phi) is 10.3. The highest BCUT2D eigenvalue weighted by Crippen LogP contribution is 2.28. The van der Waals surface area contributed by atoms with E-state index in [0.29, 0.717) is 37.1 Å². The Labute approximate surface area is 276 Å². The van der Waals surface area contributed by atoms with E-state index in [1.165, 1.54) is 17.6 Å². The van der Waals surface area contributed by atoms with Crippen molar-refractivity contribution in [3.8, 4) is 17.0 Å². The van der Waals surface area contributed by atoms with Crippen molar-refractivity contribution in [2.24, 2.45) is 5.10 Å². The summed E-state index contributed by atoms with van der Waals surface area (Å²) in [6.45, 7) is 1.70. The van der Waals surface area contributed by atoms with E-state index >= 15 is 0 Å². The molecule has 5 aromatic rings. The molecule has 1 heterocycles. The normalized spacial score (nSPS) is 10.9. The summed E-state index contributed by atoms with van der Waals surface area (Å²) in [5, 5.41) is 14.0. The quantitative estimate of drug-likeness (QED) is 0.0995. The number of carbonyl (C=O) groups excluding carboxylic acids is 2. The minimum atomic E-state index is -0.351. The van der Waals surface area contributed by atoms with E-state index in [2.05, 4.69) is 42.1 Å². The van der Waals surface area contributed by atoms with E-state index < -0.39 is 0 Å². The number of amides is 2. The number of nitrogens with zero attached hydrogens (tertiary/aromatic N) is 2. The molecule has 0 saturated heterocycles. The molecule has 0 aliphatic rings. The Bertz CT molecular complexity index is 1830. The smallest absolute Gasteiger partial charge is 0.271 e. The fourth-order valence-electron chi connectivity index (χ4n) is 3.87. The first-order chi connectivity index (χ1) is 21.2. The van der Waals surface area contributed by atoms with Gasteiger partial charge in [-0.2, -0.15) is 5.10 Å². The third-order valence-corrected chi connectivity index (χ3v) is 8.23. The lowest BCUT2D eigenvalue weighted by atomic mass is 10.1. The van der Waals surface area contributed by atoms with Crippen LogP contribution in [0.1, 0.15) is 21.5 Å². The second-order valence-electron chi connectivity index (χ2n) is 9.44. The number of hydrogen-bond acceptors (Lipinski definition) is 7. The lowest BCUT2D eigenvalue weighted by molar-refractivity contribution is -0.118. The van der Waals surface area contributed by atoms with Crippen LogP contribution in [0.25, 0.3) is 11.3 Å². The third kappa shape index (κ3) is 8.45. The number of carbonyl (C=O) groups is 2. The first-order valence-electron chi connectivity index (χ1n) is 13.1. The molecule has 222 valence electrons. The van der Waals surface area contributed by atoms with Crippen LogP contribution in [-0.4, -0.2) is 29.6 Å². The molecular formula is C32H24BrCl2N5O3S. The van der Waals surface area contributed by atoms with Gasteiger partial charge in [0.1, 0.15) is 5.75 Å². The maximum Gasteiger partial charge on any atom is 0.271 e. The van der Waals surface area contributed by atoms with Gasteiger partial charge in [-0.15, -0.1) is 11.3 Å². The first-order valence-corrected chi connectivity index (χ1v) is 15.6. The van der Waals surface area contributed by atoms with Crippen molar-refractivity contribution in [1.82, 2.24) is 10.4 Å². The fourth-order valence-corrected chi connectivity index (χ4v) is 5.43. The van der Waals surface area contributed by atoms with Crippen molar-refractivity contribution >= 4 is 85.0 Å². The Morgan fingerprint density at radius 2 is 1.73 bits per heavy atom. The summed E-state index contributed by atoms with van der Waals surface area (Å²) in [7, 11) is 0. The van der Waals surface area contributed by atoms with Crippen LogP contribution in [0.5, 0.6) is 5.75 Å². The van der Waals surface area contributed by atoms with Crippen LogP contribution in [0, 0.1) is 6.92 Å². The summed E-state index contributed by atoms with van der Waals surface area (Å²) in [4.78, 5) is 29.5. The lowest BCUT2D eigenvalue weighted by Gasteiger charge is -2.10. The average molecular weight is 709 g/mol. The molecule has 5 rings (SSSR count). The molecular weight excluding hydrogens is 685 g/mol. The maximum absolute atomic E-state index is 12.6. The first kappa shape index (κ1) is 31.2. The van der Waals surface area contributed by atoms with E-state index in [4.69, 9.17) is 27.9 Å². The van der Waals surface area contributed by atoms with Crippen molar-refractivity contribution in [2.45, 2.75) is 6.92 Å². The van der Waals surface area contributed by atoms with Crippen molar-refractivity contribution in [3.05, 3.63) is 122 Å². The molecule has 0 unspecified atom stereocenters. The molecule has 2 amide bonds. The van der Waals surface area contributed by atoms with Gasteiger partial charge in [0.2, 0.25) is 0 Å². The topological polar surface area (TPSA) is 105 Å². The molecule has 44 heavy (non-hydrogen) atoms. The minimum absolute atomic E-state index is 0.184. The number of aromatic nitrogens is 1. The number of halogens is 3. The van der Waals surface area contributed by atoms with Gasteiger partial charge in [0.05, 0.1) is 16.4 Å². The van der Waals surface area contributed by atoms with E-state index in [1.54, 1.807) is 42.5 Å². The summed E-state index contributed by atoms with van der Waals surface area (Å²) in [6, 6.07) is 25.0. The van der Waals surface area contributed by atoms with Gasteiger partial charge in [0.25, 0.3) is 11.8 Å². The van der Waals surface area contributed by atoms with E-state index in [-0.39, 0.29) is 18.4 Å². The van der Waals surface area contributed by atoms with Crippen molar-refractivity contribution < 1.29 is 14.3 Å². The maximum atomic E-state index is 12.6. The number of rotatable bonds is 10. The zero-order chi connectivity index (χ0) is 31.1. The van der Waals surface area contributed by atoms with Crippen molar-refractivity contribution in [1.29, 1.82) is 0 Å². The number of anilines is 3. The van der Waals surface area contributed by atoms with Crippen LogP contribution in [-0.2, 0) is 4.79 Å². The molecule has 0 aliphatic heterocycles. The molecule has 4 aromatic carbocycles. The Morgan fingerprint density at radius 1 is 0.977 bits per heavy atom. The lowest BCUT2D eigenvalue weighted by Crippen LogP contribution is -2.20. The summed E-state index contributed by atoms with van der Waals surface area (Å²) >= 11 is 17.0. The minimum Gasteiger partial charge on any atom is -0.483 e. The molecule has 1 aromatic heterocycles. The highest BCUT2D eigenvalue weighted by Gasteiger charge is 2.10. The number of hydrazone groups is 1. The van der Waals surface area contributed by atoms with Gasteiger partial charge >= 0.3 is 0 Å². The zero-order valence-corrected chi connectivity index (χ0v) is 27.0. The van der Waals surface area contributed by atoms with Crippen LogP contribution >= 0.6 is 50.5 Å². The standard InChI is InChI=1S/C32H24BrCl2N5O3S/c1-19-2-10-25(15-27(19)35)37-30(41)17-43-29-13-3-20(14-26(29)33)16-36-40-31(42)22-6-4-21(5-7-22)28-18-44-32(39-28)38-24-11-8-23(34)9-12-24/h2-16,18H,17H2,1H3,(H,37,41)(H,38,39)(H,40,42)/b36-16-. The molecule has 0 aliphatic carbocycles. The molecule has 0 bridgehead atoms. The number of hydrogen-bond donors (Lipinski definition) is 3. The highest BCUT2D eigenvalue weighted by atomic mass is 79.9. The summed E-state index contributed by atoms with van der Waals surface area (Å²) < 4.78 is 6.26. The third-order valence-electron chi connectivity index (χ3n) is 6.19. The number of aryl methyl sites for hydroxylation is 1. The SMILES string of the molecule is Cc1ccc(NC(=O)COc2ccc(/C=N\NC(=O)c3ccc(-c4csc(Nc5ccc(Cl)cc5)n4)cc3)cc2Br)cc1Cl. The van der Waals surface area contributed by atoms with Crippen LogP contribution in [0.4, 0.5) is 16.5 Å². The fraction of sp³-hybridized carbons (Fsp3) is 0.0625. The van der Waals surface area contributed by atoms with Gasteiger partial charge in [0.15, 0.2) is 11.7 Å². The number of benzene rings is 4. The zero-order valence-electron chi connectivity index (χ0n) is 23.1. The largest absolute Gasteiger partial charge is 0.483 e. The van der Waals surface area contributed by atoms with E-state index in [9.17, 15) is 9.59 Å². The van der Waals surface area contributed by atoms with Gasteiger partial charge < -0.3 is 15.4 Å². The molecule has 3 N–H and O–H groups in total. The number of nitrogens with one attached hydrogen (secondary N) is 3. The van der Waals surface area contributed by atoms with Crippen LogP contribution in [0.3, 0.4) is 0 Å². The van der Waals surface area contributed by atoms with Crippen LogP contribution in [0.15, 0.2) is 99.9 Å². The van der Waals surface area contributed by atoms with Gasteiger partial charge in [-0.3, -0.25) is 9.59 Å². The van der Waals surface area contributed by atoms with Gasteiger partial charge in [-0.05, 0) is 101 Å². The predicted molar refractivity (Wildman–Crippen MR) is 182 cm³/mol. The summed E-state index contributed by atoms with van der Waals surface area (Å²) in [5.41, 5.74) is 7.79.